The van der Waals surface area contributed by atoms with E-state index in [1.165, 1.54) is 0 Å². The first kappa shape index (κ1) is 10.6. The number of halogens is 1. The van der Waals surface area contributed by atoms with Crippen molar-refractivity contribution < 1.29 is 5.11 Å². The fourth-order valence-electron chi connectivity index (χ4n) is 0.835. The molecule has 70 valence electrons. The van der Waals surface area contributed by atoms with Crippen LogP contribution >= 0.6 is 28.6 Å². The van der Waals surface area contributed by atoms with Crippen LogP contribution in [-0.2, 0) is 0 Å². The second-order valence-electron chi connectivity index (χ2n) is 2.45. The van der Waals surface area contributed by atoms with Crippen LogP contribution in [0.25, 0.3) is 6.08 Å². The van der Waals surface area contributed by atoms with Crippen molar-refractivity contribution in [1.82, 2.24) is 4.98 Å². The number of hydrogen-bond acceptors (Lipinski definition) is 3. The van der Waals surface area contributed by atoms with Crippen LogP contribution in [0, 0.1) is 0 Å². The predicted molar refractivity (Wildman–Crippen MR) is 61.1 cm³/mol. The second kappa shape index (κ2) is 5.29. The molecule has 0 aliphatic rings. The van der Waals surface area contributed by atoms with Crippen LogP contribution in [0.3, 0.4) is 0 Å². The Balaban J connectivity index is 2.81. The van der Waals surface area contributed by atoms with Crippen LogP contribution in [0.1, 0.15) is 12.1 Å². The van der Waals surface area contributed by atoms with Crippen LogP contribution in [0.2, 0.25) is 0 Å². The minimum absolute atomic E-state index is 0.193. The zero-order chi connectivity index (χ0) is 9.68. The van der Waals surface area contributed by atoms with Crippen LogP contribution in [0.15, 0.2) is 22.8 Å². The average Bonchev–Trinajstić information content (AvgIpc) is 2.11. The number of allylic oxidation sites excluding steroid dienone is 1. The van der Waals surface area contributed by atoms with Gasteiger partial charge >= 0.3 is 0 Å². The summed E-state index contributed by atoms with van der Waals surface area (Å²) in [6.07, 6.45) is 4.59. The van der Waals surface area contributed by atoms with E-state index >= 15 is 0 Å². The molecular weight excluding hydrogens is 250 g/mol. The van der Waals surface area contributed by atoms with Gasteiger partial charge < -0.3 is 5.11 Å². The van der Waals surface area contributed by atoms with Gasteiger partial charge in [-0.05, 0) is 46.3 Å². The van der Waals surface area contributed by atoms with E-state index in [9.17, 15) is 5.11 Å². The third-order valence-corrected chi connectivity index (χ3v) is 2.14. The third-order valence-electron chi connectivity index (χ3n) is 1.44. The first-order valence-electron chi connectivity index (χ1n) is 3.87. The zero-order valence-corrected chi connectivity index (χ0v) is 9.42. The summed E-state index contributed by atoms with van der Waals surface area (Å²) >= 11 is 7.30. The molecule has 1 N–H and O–H groups in total. The minimum Gasteiger partial charge on any atom is -0.506 e. The van der Waals surface area contributed by atoms with Gasteiger partial charge in [0.25, 0.3) is 0 Å². The molecular formula is C9H10BrNOS. The Labute approximate surface area is 91.2 Å². The summed E-state index contributed by atoms with van der Waals surface area (Å²) in [6, 6.07) is 3.31. The highest BCUT2D eigenvalue weighted by Gasteiger charge is 1.98. The molecule has 0 aliphatic heterocycles. The number of aromatic hydroxyl groups is 1. The van der Waals surface area contributed by atoms with Gasteiger partial charge in [-0.25, -0.2) is 4.98 Å². The van der Waals surface area contributed by atoms with Gasteiger partial charge in [-0.15, -0.1) is 0 Å². The van der Waals surface area contributed by atoms with E-state index in [-0.39, 0.29) is 5.75 Å². The lowest BCUT2D eigenvalue weighted by Crippen LogP contribution is -1.82. The molecule has 13 heavy (non-hydrogen) atoms. The molecule has 0 radical (unpaired) electrons. The summed E-state index contributed by atoms with van der Waals surface area (Å²) in [4.78, 5) is 4.10. The predicted octanol–water partition coefficient (Wildman–Crippen LogP) is 2.88. The van der Waals surface area contributed by atoms with Crippen LogP contribution in [0.5, 0.6) is 5.75 Å². The van der Waals surface area contributed by atoms with Crippen molar-refractivity contribution in [1.29, 1.82) is 0 Å². The van der Waals surface area contributed by atoms with Gasteiger partial charge in [-0.3, -0.25) is 0 Å². The van der Waals surface area contributed by atoms with Gasteiger partial charge in [0.1, 0.15) is 16.0 Å². The van der Waals surface area contributed by atoms with Gasteiger partial charge in [0.05, 0.1) is 0 Å². The SMILES string of the molecule is Oc1ccc(Br)nc1C=CCCS. The summed E-state index contributed by atoms with van der Waals surface area (Å²) in [5, 5.41) is 9.38. The molecule has 0 aromatic carbocycles. The van der Waals surface area contributed by atoms with Gasteiger partial charge in [-0.1, -0.05) is 6.08 Å². The van der Waals surface area contributed by atoms with Crippen molar-refractivity contribution in [2.75, 3.05) is 5.75 Å². The maximum Gasteiger partial charge on any atom is 0.141 e. The lowest BCUT2D eigenvalue weighted by molar-refractivity contribution is 0.471. The Morgan fingerprint density at radius 2 is 2.31 bits per heavy atom. The van der Waals surface area contributed by atoms with E-state index in [0.717, 1.165) is 16.8 Å². The Morgan fingerprint density at radius 3 is 3.00 bits per heavy atom. The van der Waals surface area contributed by atoms with E-state index in [4.69, 9.17) is 0 Å². The highest BCUT2D eigenvalue weighted by Crippen LogP contribution is 2.19. The minimum atomic E-state index is 0.193. The van der Waals surface area contributed by atoms with Gasteiger partial charge in [0, 0.05) is 0 Å². The average molecular weight is 260 g/mol. The summed E-state index contributed by atoms with van der Waals surface area (Å²) in [5.74, 6) is 0.990. The first-order valence-corrected chi connectivity index (χ1v) is 5.29. The summed E-state index contributed by atoms with van der Waals surface area (Å²) < 4.78 is 0.718. The van der Waals surface area contributed by atoms with E-state index in [1.807, 2.05) is 6.08 Å². The number of hydrogen-bond donors (Lipinski definition) is 2. The van der Waals surface area contributed by atoms with E-state index < -0.39 is 0 Å². The molecule has 0 aliphatic carbocycles. The van der Waals surface area contributed by atoms with Crippen LogP contribution in [0.4, 0.5) is 0 Å². The molecule has 0 amide bonds. The highest BCUT2D eigenvalue weighted by atomic mass is 79.9. The Bertz CT molecular complexity index is 314. The number of nitrogens with zero attached hydrogens (tertiary/aromatic N) is 1. The molecule has 0 spiro atoms. The largest absolute Gasteiger partial charge is 0.506 e. The quantitative estimate of drug-likeness (QED) is 0.647. The number of pyridine rings is 1. The van der Waals surface area contributed by atoms with E-state index in [1.54, 1.807) is 18.2 Å². The fourth-order valence-corrected chi connectivity index (χ4v) is 1.31. The molecule has 0 fully saturated rings. The molecule has 4 heteroatoms. The third kappa shape index (κ3) is 3.40. The molecule has 0 bridgehead atoms. The molecule has 1 rings (SSSR count). The van der Waals surface area contributed by atoms with Gasteiger partial charge in [0.2, 0.25) is 0 Å². The lowest BCUT2D eigenvalue weighted by Gasteiger charge is -1.97. The van der Waals surface area contributed by atoms with Crippen molar-refractivity contribution in [3.05, 3.63) is 28.5 Å². The molecule has 1 aromatic rings. The standard InChI is InChI=1S/C9H10BrNOS/c10-9-5-4-8(12)7(11-9)3-1-2-6-13/h1,3-5,12-13H,2,6H2. The summed E-state index contributed by atoms with van der Waals surface area (Å²) in [6.45, 7) is 0. The Hall–Kier alpha value is -0.480. The van der Waals surface area contributed by atoms with Crippen molar-refractivity contribution in [2.45, 2.75) is 6.42 Å². The maximum absolute atomic E-state index is 9.38. The monoisotopic (exact) mass is 259 g/mol. The van der Waals surface area contributed by atoms with Crippen molar-refractivity contribution in [3.63, 3.8) is 0 Å². The summed E-state index contributed by atoms with van der Waals surface area (Å²) in [5.41, 5.74) is 0.580. The Morgan fingerprint density at radius 1 is 1.54 bits per heavy atom. The second-order valence-corrected chi connectivity index (χ2v) is 3.71. The first-order chi connectivity index (χ1) is 6.24. The molecule has 1 heterocycles. The topological polar surface area (TPSA) is 33.1 Å². The van der Waals surface area contributed by atoms with E-state index in [2.05, 4.69) is 33.5 Å². The number of aromatic nitrogens is 1. The van der Waals surface area contributed by atoms with Gasteiger partial charge in [0.15, 0.2) is 0 Å². The van der Waals surface area contributed by atoms with Crippen molar-refractivity contribution >= 4 is 34.6 Å². The zero-order valence-electron chi connectivity index (χ0n) is 6.94. The molecule has 0 atom stereocenters. The number of rotatable bonds is 3. The van der Waals surface area contributed by atoms with E-state index in [0.29, 0.717) is 5.69 Å². The summed E-state index contributed by atoms with van der Waals surface area (Å²) in [7, 11) is 0. The fraction of sp³-hybridized carbons (Fsp3) is 0.222. The smallest absolute Gasteiger partial charge is 0.141 e. The Kier molecular flexibility index (Phi) is 4.32. The molecule has 1 aromatic heterocycles. The molecule has 2 nitrogen and oxygen atoms in total. The normalized spacial score (nSPS) is 10.9. The molecule has 0 saturated heterocycles. The lowest BCUT2D eigenvalue weighted by atomic mass is 10.3. The van der Waals surface area contributed by atoms with Gasteiger partial charge in [-0.2, -0.15) is 12.6 Å². The molecule has 0 saturated carbocycles. The highest BCUT2D eigenvalue weighted by molar-refractivity contribution is 9.10. The van der Waals surface area contributed by atoms with Crippen LogP contribution in [-0.4, -0.2) is 15.8 Å². The maximum atomic E-state index is 9.38. The van der Waals surface area contributed by atoms with Crippen molar-refractivity contribution in [2.24, 2.45) is 0 Å². The van der Waals surface area contributed by atoms with Crippen molar-refractivity contribution in [3.8, 4) is 5.75 Å². The molecule has 0 unspecified atom stereocenters. The number of thiol groups is 1. The van der Waals surface area contributed by atoms with Crippen LogP contribution < -0.4 is 0 Å².